The number of nitrogens with one attached hydrogen (secondary N) is 1. The minimum atomic E-state index is -0.368. The van der Waals surface area contributed by atoms with E-state index in [1.165, 1.54) is 0 Å². The number of esters is 1. The maximum atomic E-state index is 13.2. The number of hydrogen-bond acceptors (Lipinski definition) is 3. The van der Waals surface area contributed by atoms with Crippen LogP contribution in [0.2, 0.25) is 0 Å². The van der Waals surface area contributed by atoms with Gasteiger partial charge in [-0.05, 0) is 49.6 Å². The van der Waals surface area contributed by atoms with Gasteiger partial charge in [-0.3, -0.25) is 4.79 Å². The molecule has 30 heavy (non-hydrogen) atoms. The van der Waals surface area contributed by atoms with Crippen molar-refractivity contribution in [3.8, 4) is 0 Å². The molecule has 0 fully saturated rings. The van der Waals surface area contributed by atoms with Gasteiger partial charge in [0.15, 0.2) is 0 Å². The normalized spacial score (nSPS) is 10.9. The van der Waals surface area contributed by atoms with E-state index in [0.717, 1.165) is 48.7 Å². The molecular formula is C25H30N2O3. The summed E-state index contributed by atoms with van der Waals surface area (Å²) in [5, 5.41) is 4.06. The van der Waals surface area contributed by atoms with Gasteiger partial charge in [0.25, 0.3) is 5.91 Å². The fourth-order valence-electron chi connectivity index (χ4n) is 3.62. The molecule has 3 aromatic rings. The third-order valence-electron chi connectivity index (χ3n) is 5.26. The third-order valence-corrected chi connectivity index (χ3v) is 5.26. The largest absolute Gasteiger partial charge is 0.462 e. The molecule has 0 saturated heterocycles. The number of nitrogens with zero attached hydrogens (tertiary/aromatic N) is 1. The first-order chi connectivity index (χ1) is 14.6. The average molecular weight is 407 g/mol. The molecule has 5 heteroatoms. The lowest BCUT2D eigenvalue weighted by Gasteiger charge is -2.12. The molecule has 3 rings (SSSR count). The number of anilines is 1. The van der Waals surface area contributed by atoms with Crippen LogP contribution in [0, 0.1) is 6.92 Å². The molecule has 0 bridgehead atoms. The van der Waals surface area contributed by atoms with Gasteiger partial charge < -0.3 is 14.6 Å². The van der Waals surface area contributed by atoms with Gasteiger partial charge in [0, 0.05) is 23.1 Å². The van der Waals surface area contributed by atoms with E-state index in [1.54, 1.807) is 24.3 Å². The van der Waals surface area contributed by atoms with Crippen molar-refractivity contribution in [3.63, 3.8) is 0 Å². The molecule has 1 N–H and O–H groups in total. The minimum Gasteiger partial charge on any atom is -0.462 e. The second-order valence-corrected chi connectivity index (χ2v) is 7.52. The Labute approximate surface area is 178 Å². The van der Waals surface area contributed by atoms with Crippen molar-refractivity contribution in [1.82, 2.24) is 4.57 Å². The second-order valence-electron chi connectivity index (χ2n) is 7.52. The number of hydrogen-bond donors (Lipinski definition) is 1. The number of para-hydroxylation sites is 1. The van der Waals surface area contributed by atoms with Gasteiger partial charge in [-0.1, -0.05) is 51.0 Å². The summed E-state index contributed by atoms with van der Waals surface area (Å²) in [4.78, 5) is 25.5. The van der Waals surface area contributed by atoms with Crippen LogP contribution in [-0.2, 0) is 11.3 Å². The molecule has 5 nitrogen and oxygen atoms in total. The topological polar surface area (TPSA) is 60.3 Å². The Bertz CT molecular complexity index is 1040. The van der Waals surface area contributed by atoms with Crippen molar-refractivity contribution < 1.29 is 14.3 Å². The molecule has 1 heterocycles. The van der Waals surface area contributed by atoms with E-state index >= 15 is 0 Å². The van der Waals surface area contributed by atoms with Gasteiger partial charge in [0.1, 0.15) is 5.69 Å². The highest BCUT2D eigenvalue weighted by atomic mass is 16.5. The molecule has 1 amide bonds. The summed E-state index contributed by atoms with van der Waals surface area (Å²) in [5.74, 6) is -0.538. The smallest absolute Gasteiger partial charge is 0.338 e. The van der Waals surface area contributed by atoms with Crippen LogP contribution in [0.5, 0.6) is 0 Å². The lowest BCUT2D eigenvalue weighted by atomic mass is 10.1. The number of carbonyl (C=O) groups excluding carboxylic acids is 2. The first-order valence-corrected chi connectivity index (χ1v) is 10.7. The lowest BCUT2D eigenvalue weighted by Crippen LogP contribution is -2.18. The summed E-state index contributed by atoms with van der Waals surface area (Å²) < 4.78 is 7.38. The third kappa shape index (κ3) is 4.73. The van der Waals surface area contributed by atoms with Crippen molar-refractivity contribution >= 4 is 28.5 Å². The maximum Gasteiger partial charge on any atom is 0.338 e. The highest BCUT2D eigenvalue weighted by Gasteiger charge is 2.20. The Hall–Kier alpha value is -3.08. The van der Waals surface area contributed by atoms with Crippen LogP contribution >= 0.6 is 0 Å². The summed E-state index contributed by atoms with van der Waals surface area (Å²) in [6.45, 7) is 7.37. The van der Waals surface area contributed by atoms with Crippen molar-refractivity contribution in [2.45, 2.75) is 53.0 Å². The van der Waals surface area contributed by atoms with Crippen LogP contribution in [0.1, 0.15) is 65.9 Å². The Morgan fingerprint density at radius 3 is 2.53 bits per heavy atom. The van der Waals surface area contributed by atoms with Crippen LogP contribution in [0.25, 0.3) is 10.9 Å². The van der Waals surface area contributed by atoms with Crippen LogP contribution < -0.4 is 5.32 Å². The summed E-state index contributed by atoms with van der Waals surface area (Å²) in [7, 11) is 0. The SMILES string of the molecule is CCCCOC(=O)c1cccc(NC(=O)c2c(C)c3ccccc3n2CCCC)c1. The lowest BCUT2D eigenvalue weighted by molar-refractivity contribution is 0.0499. The Balaban J connectivity index is 1.86. The molecule has 2 aromatic carbocycles. The zero-order chi connectivity index (χ0) is 21.5. The number of aromatic nitrogens is 1. The van der Waals surface area contributed by atoms with Crippen LogP contribution in [0.4, 0.5) is 5.69 Å². The zero-order valence-electron chi connectivity index (χ0n) is 18.0. The molecule has 0 aliphatic carbocycles. The Morgan fingerprint density at radius 1 is 1.00 bits per heavy atom. The van der Waals surface area contributed by atoms with Crippen LogP contribution in [-0.4, -0.2) is 23.1 Å². The van der Waals surface area contributed by atoms with Gasteiger partial charge in [-0.25, -0.2) is 4.79 Å². The fraction of sp³-hybridized carbons (Fsp3) is 0.360. The highest BCUT2D eigenvalue weighted by molar-refractivity contribution is 6.08. The summed E-state index contributed by atoms with van der Waals surface area (Å²) in [6.07, 6.45) is 3.85. The van der Waals surface area contributed by atoms with Crippen LogP contribution in [0.3, 0.4) is 0 Å². The van der Waals surface area contributed by atoms with E-state index in [4.69, 9.17) is 4.74 Å². The van der Waals surface area contributed by atoms with Crippen molar-refractivity contribution in [3.05, 3.63) is 65.4 Å². The summed E-state index contributed by atoms with van der Waals surface area (Å²) in [6, 6.07) is 15.0. The fourth-order valence-corrected chi connectivity index (χ4v) is 3.62. The molecule has 0 atom stereocenters. The van der Waals surface area contributed by atoms with Gasteiger partial charge in [0.2, 0.25) is 0 Å². The molecule has 0 aliphatic rings. The molecule has 158 valence electrons. The summed E-state index contributed by atoms with van der Waals surface area (Å²) in [5.41, 5.74) is 3.72. The number of rotatable bonds is 9. The van der Waals surface area contributed by atoms with Crippen molar-refractivity contribution in [2.75, 3.05) is 11.9 Å². The average Bonchev–Trinajstić information content (AvgIpc) is 3.04. The maximum absolute atomic E-state index is 13.2. The number of aryl methyl sites for hydroxylation is 2. The highest BCUT2D eigenvalue weighted by Crippen LogP contribution is 2.27. The van der Waals surface area contributed by atoms with Crippen molar-refractivity contribution in [1.29, 1.82) is 0 Å². The van der Waals surface area contributed by atoms with Gasteiger partial charge >= 0.3 is 5.97 Å². The van der Waals surface area contributed by atoms with E-state index in [0.29, 0.717) is 23.6 Å². The molecular weight excluding hydrogens is 376 g/mol. The van der Waals surface area contributed by atoms with Gasteiger partial charge in [-0.15, -0.1) is 0 Å². The van der Waals surface area contributed by atoms with Gasteiger partial charge in [-0.2, -0.15) is 0 Å². The molecule has 0 spiro atoms. The number of carbonyl (C=O) groups is 2. The van der Waals surface area contributed by atoms with E-state index in [9.17, 15) is 9.59 Å². The molecule has 1 aromatic heterocycles. The molecule has 0 saturated carbocycles. The van der Waals surface area contributed by atoms with Crippen LogP contribution in [0.15, 0.2) is 48.5 Å². The molecule has 0 aliphatic heterocycles. The number of amides is 1. The number of unbranched alkanes of at least 4 members (excludes halogenated alkanes) is 2. The Morgan fingerprint density at radius 2 is 1.77 bits per heavy atom. The van der Waals surface area contributed by atoms with Gasteiger partial charge in [0.05, 0.1) is 12.2 Å². The standard InChI is InChI=1S/C25H30N2O3/c1-4-6-15-27-22-14-9-8-13-21(22)18(3)23(27)24(28)26-20-12-10-11-19(17-20)25(29)30-16-7-5-2/h8-14,17H,4-7,15-16H2,1-3H3,(H,26,28). The van der Waals surface area contributed by atoms with Crippen molar-refractivity contribution in [2.24, 2.45) is 0 Å². The quantitative estimate of drug-likeness (QED) is 0.352. The van der Waals surface area contributed by atoms with E-state index < -0.39 is 0 Å². The monoisotopic (exact) mass is 406 g/mol. The van der Waals surface area contributed by atoms with E-state index in [1.807, 2.05) is 26.0 Å². The summed E-state index contributed by atoms with van der Waals surface area (Å²) >= 11 is 0. The first kappa shape index (κ1) is 21.6. The number of benzene rings is 2. The predicted octanol–water partition coefficient (Wildman–Crippen LogP) is 5.96. The first-order valence-electron chi connectivity index (χ1n) is 10.7. The Kier molecular flexibility index (Phi) is 7.28. The molecule has 0 unspecified atom stereocenters. The van der Waals surface area contributed by atoms with E-state index in [2.05, 4.69) is 28.9 Å². The zero-order valence-corrected chi connectivity index (χ0v) is 18.0. The second kappa shape index (κ2) is 10.1. The molecule has 0 radical (unpaired) electrons. The predicted molar refractivity (Wildman–Crippen MR) is 121 cm³/mol. The minimum absolute atomic E-state index is 0.170. The number of fused-ring (bicyclic) bond motifs is 1. The van der Waals surface area contributed by atoms with E-state index in [-0.39, 0.29) is 11.9 Å². The number of ether oxygens (including phenoxy) is 1.